The summed E-state index contributed by atoms with van der Waals surface area (Å²) in [6, 6.07) is 9.07. The van der Waals surface area contributed by atoms with Gasteiger partial charge in [-0.15, -0.1) is 0 Å². The van der Waals surface area contributed by atoms with Crippen LogP contribution < -0.4 is 5.32 Å². The van der Waals surface area contributed by atoms with Crippen molar-refractivity contribution < 1.29 is 23.1 Å². The quantitative estimate of drug-likeness (QED) is 0.616. The zero-order valence-electron chi connectivity index (χ0n) is 12.0. The molecule has 1 N–H and O–H groups in total. The first kappa shape index (κ1) is 18.2. The highest BCUT2D eigenvalue weighted by Crippen LogP contribution is 2.26. The molecular formula is C15H11ClF2N2O3S. The number of carbonyl (C=O) groups is 2. The summed E-state index contributed by atoms with van der Waals surface area (Å²) in [5.74, 6) is -4.20. The van der Waals surface area contributed by atoms with E-state index in [1.54, 1.807) is 24.3 Å². The fourth-order valence-corrected chi connectivity index (χ4v) is 2.36. The van der Waals surface area contributed by atoms with Crippen molar-refractivity contribution in [1.82, 2.24) is 4.98 Å². The minimum Gasteiger partial charge on any atom is -0.452 e. The molecule has 0 aliphatic carbocycles. The Bertz CT molecular complexity index is 729. The number of carbonyl (C=O) groups excluding carboxylic acids is 2. The topological polar surface area (TPSA) is 68.3 Å². The Labute approximate surface area is 145 Å². The second-order valence-electron chi connectivity index (χ2n) is 4.37. The molecule has 2 aromatic rings. The predicted molar refractivity (Wildman–Crippen MR) is 86.5 cm³/mol. The van der Waals surface area contributed by atoms with E-state index in [1.807, 2.05) is 0 Å². The van der Waals surface area contributed by atoms with Gasteiger partial charge in [0.15, 0.2) is 6.61 Å². The number of pyridine rings is 1. The fourth-order valence-electron chi connectivity index (χ4n) is 1.66. The minimum absolute atomic E-state index is 0.123. The lowest BCUT2D eigenvalue weighted by atomic mass is 10.3. The molecule has 0 bridgehead atoms. The highest BCUT2D eigenvalue weighted by Gasteiger charge is 2.18. The second kappa shape index (κ2) is 8.60. The van der Waals surface area contributed by atoms with E-state index >= 15 is 0 Å². The predicted octanol–water partition coefficient (Wildman–Crippen LogP) is 3.85. The smallest absolute Gasteiger partial charge is 0.341 e. The molecule has 0 aliphatic rings. The van der Waals surface area contributed by atoms with Crippen LogP contribution >= 0.6 is 23.4 Å². The van der Waals surface area contributed by atoms with Crippen LogP contribution in [-0.4, -0.2) is 29.2 Å². The van der Waals surface area contributed by atoms with Gasteiger partial charge in [-0.2, -0.15) is 8.78 Å². The lowest BCUT2D eigenvalue weighted by molar-refractivity contribution is -0.119. The van der Waals surface area contributed by atoms with Crippen molar-refractivity contribution in [3.63, 3.8) is 0 Å². The van der Waals surface area contributed by atoms with Gasteiger partial charge < -0.3 is 10.1 Å². The lowest BCUT2D eigenvalue weighted by Gasteiger charge is -2.09. The monoisotopic (exact) mass is 372 g/mol. The maximum absolute atomic E-state index is 12.4. The molecule has 0 saturated carbocycles. The molecule has 0 radical (unpaired) electrons. The van der Waals surface area contributed by atoms with E-state index in [0.717, 1.165) is 0 Å². The molecule has 2 rings (SSSR count). The molecule has 126 valence electrons. The van der Waals surface area contributed by atoms with E-state index in [-0.39, 0.29) is 22.4 Å². The zero-order valence-corrected chi connectivity index (χ0v) is 13.6. The number of halogens is 3. The lowest BCUT2D eigenvalue weighted by Crippen LogP contribution is -2.21. The molecule has 0 spiro atoms. The number of ether oxygens (including phenoxy) is 1. The van der Waals surface area contributed by atoms with Crippen LogP contribution in [0, 0.1) is 0 Å². The Morgan fingerprint density at radius 3 is 2.62 bits per heavy atom. The molecule has 0 aliphatic heterocycles. The van der Waals surface area contributed by atoms with Crippen LogP contribution in [0.25, 0.3) is 0 Å². The van der Waals surface area contributed by atoms with Gasteiger partial charge in [-0.05, 0) is 48.2 Å². The molecule has 9 heteroatoms. The average Bonchev–Trinajstić information content (AvgIpc) is 2.55. The Hall–Kier alpha value is -2.19. The Kier molecular flexibility index (Phi) is 6.51. The van der Waals surface area contributed by atoms with Crippen LogP contribution in [0.1, 0.15) is 10.4 Å². The highest BCUT2D eigenvalue weighted by molar-refractivity contribution is 7.99. The van der Waals surface area contributed by atoms with Crippen LogP contribution in [0.2, 0.25) is 5.02 Å². The maximum Gasteiger partial charge on any atom is 0.341 e. The summed E-state index contributed by atoms with van der Waals surface area (Å²) in [5, 5.41) is 2.86. The van der Waals surface area contributed by atoms with E-state index in [0.29, 0.717) is 10.7 Å². The number of nitrogens with one attached hydrogen (secondary N) is 1. The Morgan fingerprint density at radius 2 is 1.96 bits per heavy atom. The van der Waals surface area contributed by atoms with Gasteiger partial charge in [-0.3, -0.25) is 4.79 Å². The van der Waals surface area contributed by atoms with Crippen molar-refractivity contribution in [2.24, 2.45) is 0 Å². The summed E-state index contributed by atoms with van der Waals surface area (Å²) < 4.78 is 29.7. The van der Waals surface area contributed by atoms with Crippen molar-refractivity contribution in [3.8, 4) is 0 Å². The van der Waals surface area contributed by atoms with E-state index < -0.39 is 24.2 Å². The fraction of sp³-hybridized carbons (Fsp3) is 0.133. The molecule has 0 saturated heterocycles. The molecule has 0 fully saturated rings. The number of aromatic nitrogens is 1. The molecule has 1 aromatic heterocycles. The summed E-state index contributed by atoms with van der Waals surface area (Å²) in [7, 11) is 0. The summed E-state index contributed by atoms with van der Waals surface area (Å²) >= 11 is 5.86. The summed E-state index contributed by atoms with van der Waals surface area (Å²) in [5.41, 5.74) is 0.359. The minimum atomic E-state index is -2.72. The number of rotatable bonds is 6. The second-order valence-corrected chi connectivity index (χ2v) is 5.78. The molecule has 0 atom stereocenters. The molecule has 1 amide bonds. The first-order chi connectivity index (χ1) is 11.5. The number of hydrogen-bond donors (Lipinski definition) is 1. The van der Waals surface area contributed by atoms with Crippen LogP contribution in [0.5, 0.6) is 0 Å². The first-order valence-electron chi connectivity index (χ1n) is 6.58. The van der Waals surface area contributed by atoms with Crippen LogP contribution in [0.15, 0.2) is 47.6 Å². The van der Waals surface area contributed by atoms with Gasteiger partial charge in [0.2, 0.25) is 0 Å². The average molecular weight is 373 g/mol. The molecule has 0 unspecified atom stereocenters. The zero-order chi connectivity index (χ0) is 17.5. The Morgan fingerprint density at radius 1 is 1.25 bits per heavy atom. The van der Waals surface area contributed by atoms with Crippen LogP contribution in [0.4, 0.5) is 14.5 Å². The standard InChI is InChI=1S/C15H11ClF2N2O3S/c16-9-3-5-10(6-4-9)20-12(21)8-23-14(22)11-2-1-7-19-13(11)24-15(17)18/h1-7,15H,8H2,(H,20,21). The van der Waals surface area contributed by atoms with Crippen molar-refractivity contribution in [3.05, 3.63) is 53.2 Å². The van der Waals surface area contributed by atoms with Crippen molar-refractivity contribution >= 4 is 40.9 Å². The molecule has 1 aromatic carbocycles. The summed E-state index contributed by atoms with van der Waals surface area (Å²) in [4.78, 5) is 27.4. The third-order valence-corrected chi connectivity index (χ3v) is 3.63. The number of hydrogen-bond acceptors (Lipinski definition) is 5. The van der Waals surface area contributed by atoms with E-state index in [1.165, 1.54) is 18.3 Å². The molecule has 5 nitrogen and oxygen atoms in total. The highest BCUT2D eigenvalue weighted by atomic mass is 35.5. The van der Waals surface area contributed by atoms with Crippen LogP contribution in [0.3, 0.4) is 0 Å². The largest absolute Gasteiger partial charge is 0.452 e. The Balaban J connectivity index is 1.93. The number of esters is 1. The van der Waals surface area contributed by atoms with Gasteiger partial charge in [0.05, 0.1) is 5.56 Å². The van der Waals surface area contributed by atoms with E-state index in [2.05, 4.69) is 10.3 Å². The van der Waals surface area contributed by atoms with Gasteiger partial charge >= 0.3 is 5.97 Å². The summed E-state index contributed by atoms with van der Waals surface area (Å²) in [6.07, 6.45) is 1.29. The maximum atomic E-state index is 12.4. The number of amides is 1. The molecule has 1 heterocycles. The van der Waals surface area contributed by atoms with Crippen molar-refractivity contribution in [1.29, 1.82) is 0 Å². The van der Waals surface area contributed by atoms with E-state index in [4.69, 9.17) is 16.3 Å². The summed E-state index contributed by atoms with van der Waals surface area (Å²) in [6.45, 7) is -0.560. The SMILES string of the molecule is O=C(COC(=O)c1cccnc1SC(F)F)Nc1ccc(Cl)cc1. The normalized spacial score (nSPS) is 10.5. The number of nitrogens with zero attached hydrogens (tertiary/aromatic N) is 1. The number of thioether (sulfide) groups is 1. The van der Waals surface area contributed by atoms with Gasteiger partial charge in [0, 0.05) is 16.9 Å². The van der Waals surface area contributed by atoms with Crippen LogP contribution in [-0.2, 0) is 9.53 Å². The number of anilines is 1. The first-order valence-corrected chi connectivity index (χ1v) is 7.84. The van der Waals surface area contributed by atoms with Gasteiger partial charge in [0.25, 0.3) is 11.7 Å². The van der Waals surface area contributed by atoms with Gasteiger partial charge in [0.1, 0.15) is 5.03 Å². The number of alkyl halides is 2. The van der Waals surface area contributed by atoms with E-state index in [9.17, 15) is 18.4 Å². The third-order valence-electron chi connectivity index (χ3n) is 2.65. The molecular weight excluding hydrogens is 362 g/mol. The van der Waals surface area contributed by atoms with Crippen molar-refractivity contribution in [2.75, 3.05) is 11.9 Å². The van der Waals surface area contributed by atoms with Crippen molar-refractivity contribution in [2.45, 2.75) is 10.8 Å². The molecule has 24 heavy (non-hydrogen) atoms. The van der Waals surface area contributed by atoms with Gasteiger partial charge in [-0.25, -0.2) is 9.78 Å². The van der Waals surface area contributed by atoms with Gasteiger partial charge in [-0.1, -0.05) is 11.6 Å². The number of benzene rings is 1. The third kappa shape index (κ3) is 5.47.